The molecule has 0 saturated carbocycles. The number of H-pyrrole nitrogens is 1. The maximum absolute atomic E-state index is 9.78. The third kappa shape index (κ3) is 2.44. The number of hydrogen-bond acceptors (Lipinski definition) is 4. The van der Waals surface area contributed by atoms with E-state index >= 15 is 0 Å². The lowest BCUT2D eigenvalue weighted by Crippen LogP contribution is -2.21. The van der Waals surface area contributed by atoms with Crippen molar-refractivity contribution in [1.82, 2.24) is 10.2 Å². The molecule has 0 bridgehead atoms. The number of aromatic amines is 1. The number of nitrogens with two attached hydrogens (primary N) is 1. The van der Waals surface area contributed by atoms with Gasteiger partial charge in [-0.1, -0.05) is 54.1 Å². The van der Waals surface area contributed by atoms with Crippen molar-refractivity contribution in [3.63, 3.8) is 0 Å². The number of aromatic nitrogens is 2. The van der Waals surface area contributed by atoms with Gasteiger partial charge < -0.3 is 10.5 Å². The molecule has 128 valence electrons. The minimum atomic E-state index is -0.322. The van der Waals surface area contributed by atoms with Gasteiger partial charge in [-0.05, 0) is 30.5 Å². The van der Waals surface area contributed by atoms with E-state index in [-0.39, 0.29) is 11.8 Å². The van der Waals surface area contributed by atoms with E-state index in [2.05, 4.69) is 34.5 Å². The van der Waals surface area contributed by atoms with E-state index in [1.54, 1.807) is 0 Å². The highest BCUT2D eigenvalue weighted by atomic mass is 16.5. The van der Waals surface area contributed by atoms with Gasteiger partial charge in [-0.15, -0.1) is 5.10 Å². The molecule has 26 heavy (non-hydrogen) atoms. The van der Waals surface area contributed by atoms with Gasteiger partial charge in [-0.3, -0.25) is 5.10 Å². The molecule has 3 aromatic rings. The van der Waals surface area contributed by atoms with Crippen LogP contribution in [-0.2, 0) is 0 Å². The maximum atomic E-state index is 9.78. The summed E-state index contributed by atoms with van der Waals surface area (Å²) in [5, 5.41) is 17.2. The Labute approximate surface area is 151 Å². The molecule has 1 atom stereocenters. The predicted octanol–water partition coefficient (Wildman–Crippen LogP) is 3.91. The van der Waals surface area contributed by atoms with Crippen molar-refractivity contribution >= 4 is 0 Å². The SMILES string of the molecule is Cc1ccc(C)c(C2C(C#N)=C(N)Oc3n[nH]c(-c4ccccc4)c32)c1. The molecule has 1 aromatic heterocycles. The topological polar surface area (TPSA) is 87.7 Å². The standard InChI is InChI=1S/C21H18N4O/c1-12-8-9-13(2)15(10-12)17-16(11-22)20(23)26-21-18(17)19(24-25-21)14-6-4-3-5-7-14/h3-10,17H,23H2,1-2H3,(H,24,25). The number of benzene rings is 2. The van der Waals surface area contributed by atoms with Crippen LogP contribution in [0.25, 0.3) is 11.3 Å². The molecule has 0 amide bonds. The third-order valence-electron chi connectivity index (χ3n) is 4.75. The Morgan fingerprint density at radius 1 is 1.15 bits per heavy atom. The van der Waals surface area contributed by atoms with Crippen LogP contribution in [0.1, 0.15) is 28.2 Å². The van der Waals surface area contributed by atoms with E-state index in [0.29, 0.717) is 11.5 Å². The van der Waals surface area contributed by atoms with Crippen molar-refractivity contribution in [2.75, 3.05) is 0 Å². The number of aryl methyl sites for hydroxylation is 2. The second-order valence-electron chi connectivity index (χ2n) is 6.47. The fourth-order valence-electron chi connectivity index (χ4n) is 3.45. The Hall–Kier alpha value is -3.52. The highest BCUT2D eigenvalue weighted by molar-refractivity contribution is 5.71. The fraction of sp³-hybridized carbons (Fsp3) is 0.143. The molecule has 0 fully saturated rings. The summed E-state index contributed by atoms with van der Waals surface area (Å²) in [5.74, 6) is 0.209. The first-order valence-corrected chi connectivity index (χ1v) is 8.38. The van der Waals surface area contributed by atoms with Gasteiger partial charge in [0.15, 0.2) is 0 Å². The molecular formula is C21H18N4O. The van der Waals surface area contributed by atoms with Crippen LogP contribution < -0.4 is 10.5 Å². The van der Waals surface area contributed by atoms with Crippen molar-refractivity contribution in [2.45, 2.75) is 19.8 Å². The van der Waals surface area contributed by atoms with Crippen LogP contribution >= 0.6 is 0 Å². The average molecular weight is 342 g/mol. The summed E-state index contributed by atoms with van der Waals surface area (Å²) in [6.07, 6.45) is 0. The van der Waals surface area contributed by atoms with Gasteiger partial charge in [-0.2, -0.15) is 5.26 Å². The Bertz CT molecular complexity index is 1060. The van der Waals surface area contributed by atoms with Crippen molar-refractivity contribution in [3.05, 3.63) is 82.2 Å². The molecule has 1 aliphatic rings. The van der Waals surface area contributed by atoms with Crippen LogP contribution in [0.15, 0.2) is 60.0 Å². The average Bonchev–Trinajstić information content (AvgIpc) is 3.06. The third-order valence-corrected chi connectivity index (χ3v) is 4.75. The summed E-state index contributed by atoms with van der Waals surface area (Å²) in [7, 11) is 0. The Kier molecular flexibility index (Phi) is 3.74. The second-order valence-corrected chi connectivity index (χ2v) is 6.47. The number of nitrogens with one attached hydrogen (secondary N) is 1. The summed E-state index contributed by atoms with van der Waals surface area (Å²) in [4.78, 5) is 0. The van der Waals surface area contributed by atoms with Crippen LogP contribution in [0.3, 0.4) is 0 Å². The fourth-order valence-corrected chi connectivity index (χ4v) is 3.45. The molecule has 5 heteroatoms. The molecule has 0 saturated heterocycles. The number of allylic oxidation sites excluding steroid dienone is 1. The normalized spacial score (nSPS) is 16.0. The maximum Gasteiger partial charge on any atom is 0.244 e. The van der Waals surface area contributed by atoms with Gasteiger partial charge in [0.25, 0.3) is 0 Å². The Morgan fingerprint density at radius 3 is 2.65 bits per heavy atom. The molecule has 1 unspecified atom stereocenters. The Balaban J connectivity index is 2.00. The van der Waals surface area contributed by atoms with Crippen LogP contribution in [0, 0.1) is 25.2 Å². The second kappa shape index (κ2) is 6.08. The zero-order chi connectivity index (χ0) is 18.3. The summed E-state index contributed by atoms with van der Waals surface area (Å²) in [6, 6.07) is 18.4. The van der Waals surface area contributed by atoms with Crippen LogP contribution in [0.2, 0.25) is 0 Å². The van der Waals surface area contributed by atoms with Crippen molar-refractivity contribution in [1.29, 1.82) is 5.26 Å². The lowest BCUT2D eigenvalue weighted by Gasteiger charge is -2.25. The largest absolute Gasteiger partial charge is 0.420 e. The van der Waals surface area contributed by atoms with Gasteiger partial charge >= 0.3 is 0 Å². The van der Waals surface area contributed by atoms with Crippen molar-refractivity contribution in [2.24, 2.45) is 5.73 Å². The van der Waals surface area contributed by atoms with Crippen LogP contribution in [0.5, 0.6) is 5.88 Å². The number of ether oxygens (including phenoxy) is 1. The number of hydrogen-bond donors (Lipinski definition) is 2. The van der Waals surface area contributed by atoms with E-state index < -0.39 is 0 Å². The van der Waals surface area contributed by atoms with Crippen LogP contribution in [0.4, 0.5) is 0 Å². The van der Waals surface area contributed by atoms with Gasteiger partial charge in [0.2, 0.25) is 11.8 Å². The summed E-state index contributed by atoms with van der Waals surface area (Å²) in [5.41, 5.74) is 12.4. The van der Waals surface area contributed by atoms with E-state index in [9.17, 15) is 5.26 Å². The van der Waals surface area contributed by atoms with Crippen molar-refractivity contribution in [3.8, 4) is 23.2 Å². The molecular weight excluding hydrogens is 324 g/mol. The number of nitriles is 1. The molecule has 2 heterocycles. The highest BCUT2D eigenvalue weighted by Crippen LogP contribution is 2.46. The van der Waals surface area contributed by atoms with Crippen LogP contribution in [-0.4, -0.2) is 10.2 Å². The summed E-state index contributed by atoms with van der Waals surface area (Å²) < 4.78 is 5.65. The molecule has 3 N–H and O–H groups in total. The molecule has 0 spiro atoms. The summed E-state index contributed by atoms with van der Waals surface area (Å²) in [6.45, 7) is 4.08. The van der Waals surface area contributed by atoms with E-state index in [1.807, 2.05) is 44.2 Å². The van der Waals surface area contributed by atoms with Gasteiger partial charge in [0.1, 0.15) is 11.6 Å². The number of rotatable bonds is 2. The predicted molar refractivity (Wildman–Crippen MR) is 99.2 cm³/mol. The highest BCUT2D eigenvalue weighted by Gasteiger charge is 2.36. The molecule has 0 aliphatic carbocycles. The Morgan fingerprint density at radius 2 is 1.92 bits per heavy atom. The first-order chi connectivity index (χ1) is 12.6. The van der Waals surface area contributed by atoms with Gasteiger partial charge in [-0.25, -0.2) is 0 Å². The van der Waals surface area contributed by atoms with E-state index in [4.69, 9.17) is 10.5 Å². The smallest absolute Gasteiger partial charge is 0.244 e. The molecule has 0 radical (unpaired) electrons. The molecule has 5 nitrogen and oxygen atoms in total. The minimum Gasteiger partial charge on any atom is -0.420 e. The molecule has 2 aromatic carbocycles. The lowest BCUT2D eigenvalue weighted by molar-refractivity contribution is 0.379. The zero-order valence-corrected chi connectivity index (χ0v) is 14.6. The first-order valence-electron chi connectivity index (χ1n) is 8.38. The molecule has 4 rings (SSSR count). The first kappa shape index (κ1) is 16.0. The van der Waals surface area contributed by atoms with Gasteiger partial charge in [0.05, 0.1) is 17.2 Å². The van der Waals surface area contributed by atoms with E-state index in [1.165, 1.54) is 0 Å². The summed E-state index contributed by atoms with van der Waals surface area (Å²) >= 11 is 0. The number of nitrogens with zero attached hydrogens (tertiary/aromatic N) is 2. The number of fused-ring (bicyclic) bond motifs is 1. The van der Waals surface area contributed by atoms with E-state index in [0.717, 1.165) is 33.5 Å². The lowest BCUT2D eigenvalue weighted by atomic mass is 9.80. The van der Waals surface area contributed by atoms with Crippen molar-refractivity contribution < 1.29 is 4.74 Å². The minimum absolute atomic E-state index is 0.108. The molecule has 1 aliphatic heterocycles. The zero-order valence-electron chi connectivity index (χ0n) is 14.6. The van der Waals surface area contributed by atoms with Gasteiger partial charge in [0, 0.05) is 0 Å². The quantitative estimate of drug-likeness (QED) is 0.739. The monoisotopic (exact) mass is 342 g/mol.